The lowest BCUT2D eigenvalue weighted by atomic mass is 9.84. The minimum absolute atomic E-state index is 0.0247. The molecule has 4 rings (SSSR count). The number of aryl methyl sites for hydroxylation is 1. The number of urea groups is 1. The molecular weight excluding hydrogens is 428 g/mol. The van der Waals surface area contributed by atoms with E-state index in [1.807, 2.05) is 48.3 Å². The molecule has 0 spiro atoms. The van der Waals surface area contributed by atoms with E-state index in [2.05, 4.69) is 35.6 Å². The van der Waals surface area contributed by atoms with E-state index in [-0.39, 0.29) is 11.6 Å². The van der Waals surface area contributed by atoms with E-state index in [9.17, 15) is 14.7 Å². The lowest BCUT2D eigenvalue weighted by Crippen LogP contribution is -2.46. The van der Waals surface area contributed by atoms with Crippen LogP contribution in [0.5, 0.6) is 5.75 Å². The Balaban J connectivity index is 1.43. The van der Waals surface area contributed by atoms with E-state index in [0.717, 1.165) is 31.2 Å². The van der Waals surface area contributed by atoms with Crippen LogP contribution in [0.4, 0.5) is 4.79 Å². The number of hydrogen-bond donors (Lipinski definition) is 2. The monoisotopic (exact) mass is 460 g/mol. The van der Waals surface area contributed by atoms with Crippen LogP contribution in [0.25, 0.3) is 10.8 Å². The van der Waals surface area contributed by atoms with E-state index >= 15 is 0 Å². The number of carbonyl (C=O) groups is 2. The Morgan fingerprint density at radius 1 is 1.06 bits per heavy atom. The Bertz CT molecular complexity index is 1190. The van der Waals surface area contributed by atoms with E-state index < -0.39 is 11.6 Å². The highest BCUT2D eigenvalue weighted by atomic mass is 16.5. The molecule has 1 heterocycles. The summed E-state index contributed by atoms with van der Waals surface area (Å²) in [6.45, 7) is 3.70. The average molecular weight is 461 g/mol. The van der Waals surface area contributed by atoms with Crippen LogP contribution in [0.3, 0.4) is 0 Å². The van der Waals surface area contributed by atoms with E-state index in [0.29, 0.717) is 12.3 Å². The molecule has 0 saturated carbocycles. The van der Waals surface area contributed by atoms with Crippen molar-refractivity contribution in [1.82, 2.24) is 10.2 Å². The van der Waals surface area contributed by atoms with Gasteiger partial charge in [0.05, 0.1) is 5.54 Å². The van der Waals surface area contributed by atoms with Crippen LogP contribution in [0.2, 0.25) is 0 Å². The molecule has 178 valence electrons. The molecule has 1 aliphatic rings. The molecule has 6 nitrogen and oxygen atoms in total. The largest absolute Gasteiger partial charge is 0.478 e. The quantitative estimate of drug-likeness (QED) is 0.469. The maximum Gasteiger partial charge on any atom is 0.347 e. The molecule has 0 aliphatic carbocycles. The Morgan fingerprint density at radius 3 is 2.38 bits per heavy atom. The van der Waals surface area contributed by atoms with Crippen molar-refractivity contribution in [2.24, 2.45) is 0 Å². The number of carboxylic acids is 1. The number of fused-ring (bicyclic) bond motifs is 1. The van der Waals surface area contributed by atoms with Crippen LogP contribution >= 0.6 is 0 Å². The molecule has 1 saturated heterocycles. The number of carbonyl (C=O) groups excluding carboxylic acids is 1. The van der Waals surface area contributed by atoms with Crippen LogP contribution in [0.1, 0.15) is 37.8 Å². The first-order chi connectivity index (χ1) is 16.2. The fraction of sp³-hybridized carbons (Fsp3) is 0.357. The van der Waals surface area contributed by atoms with Gasteiger partial charge in [0.1, 0.15) is 5.75 Å². The second-order valence-electron chi connectivity index (χ2n) is 9.72. The van der Waals surface area contributed by atoms with Gasteiger partial charge in [-0.2, -0.15) is 0 Å². The molecule has 1 aliphatic heterocycles. The van der Waals surface area contributed by atoms with Gasteiger partial charge in [-0.25, -0.2) is 9.59 Å². The van der Waals surface area contributed by atoms with Crippen LogP contribution < -0.4 is 10.1 Å². The number of nitrogens with one attached hydrogen (secondary N) is 1. The predicted octanol–water partition coefficient (Wildman–Crippen LogP) is 5.04. The van der Waals surface area contributed by atoms with E-state index in [4.69, 9.17) is 4.74 Å². The first-order valence-electron chi connectivity index (χ1n) is 11.7. The van der Waals surface area contributed by atoms with Crippen LogP contribution in [0, 0.1) is 0 Å². The zero-order chi connectivity index (χ0) is 24.3. The molecule has 0 radical (unpaired) electrons. The molecule has 2 N–H and O–H groups in total. The van der Waals surface area contributed by atoms with Crippen molar-refractivity contribution in [3.05, 3.63) is 77.9 Å². The first-order valence-corrected chi connectivity index (χ1v) is 11.7. The second kappa shape index (κ2) is 9.37. The summed E-state index contributed by atoms with van der Waals surface area (Å²) in [6.07, 6.45) is 3.46. The highest BCUT2D eigenvalue weighted by molar-refractivity contribution is 5.83. The fourth-order valence-electron chi connectivity index (χ4n) is 4.63. The Kier molecular flexibility index (Phi) is 6.51. The van der Waals surface area contributed by atoms with Crippen molar-refractivity contribution in [3.8, 4) is 5.75 Å². The number of likely N-dealkylation sites (N-methyl/N-ethyl adjacent to an activating group) is 1. The molecule has 3 aromatic rings. The van der Waals surface area contributed by atoms with Crippen molar-refractivity contribution in [3.63, 3.8) is 0 Å². The van der Waals surface area contributed by atoms with Crippen LogP contribution in [0.15, 0.2) is 66.7 Å². The number of benzene rings is 3. The number of nitrogens with zero attached hydrogens (tertiary/aromatic N) is 1. The summed E-state index contributed by atoms with van der Waals surface area (Å²) in [6, 6.07) is 22.4. The van der Waals surface area contributed by atoms with Crippen molar-refractivity contribution in [2.75, 3.05) is 13.6 Å². The highest BCUT2D eigenvalue weighted by Gasteiger charge is 2.42. The zero-order valence-corrected chi connectivity index (χ0v) is 20.0. The molecule has 1 fully saturated rings. The van der Waals surface area contributed by atoms with Gasteiger partial charge in [-0.05, 0) is 73.6 Å². The number of ether oxygens (including phenoxy) is 1. The van der Waals surface area contributed by atoms with Gasteiger partial charge in [-0.1, -0.05) is 54.6 Å². The van der Waals surface area contributed by atoms with Gasteiger partial charge in [-0.3, -0.25) is 0 Å². The van der Waals surface area contributed by atoms with Crippen molar-refractivity contribution in [1.29, 1.82) is 0 Å². The van der Waals surface area contributed by atoms with Gasteiger partial charge in [0.15, 0.2) is 5.60 Å². The van der Waals surface area contributed by atoms with E-state index in [1.54, 1.807) is 0 Å². The highest BCUT2D eigenvalue weighted by Crippen LogP contribution is 2.31. The fourth-order valence-corrected chi connectivity index (χ4v) is 4.63. The lowest BCUT2D eigenvalue weighted by Gasteiger charge is -2.35. The second-order valence-corrected chi connectivity index (χ2v) is 9.72. The van der Waals surface area contributed by atoms with E-state index in [1.165, 1.54) is 30.2 Å². The Labute approximate surface area is 200 Å². The molecular formula is C28H32N2O4. The molecule has 6 heteroatoms. The third-order valence-corrected chi connectivity index (χ3v) is 6.85. The van der Waals surface area contributed by atoms with Crippen molar-refractivity contribution < 1.29 is 19.4 Å². The molecule has 2 amide bonds. The van der Waals surface area contributed by atoms with Gasteiger partial charge in [0, 0.05) is 13.6 Å². The molecule has 0 aromatic heterocycles. The average Bonchev–Trinajstić information content (AvgIpc) is 3.08. The lowest BCUT2D eigenvalue weighted by molar-refractivity contribution is -0.152. The standard InChI is InChI=1S/C28H32N2O4/c1-27(2,25(31)32)34-24-14-11-20(12-15-24)7-6-16-28(19-29-26(33)30(28)3)18-21-10-13-22-8-4-5-9-23(22)17-21/h4-5,8-15,17H,6-7,16,18-19H2,1-3H3,(H,29,33)(H,31,32). The summed E-state index contributed by atoms with van der Waals surface area (Å²) in [5, 5.41) is 14.7. The minimum atomic E-state index is -1.27. The van der Waals surface area contributed by atoms with Gasteiger partial charge >= 0.3 is 12.0 Å². The Morgan fingerprint density at radius 2 is 1.74 bits per heavy atom. The summed E-state index contributed by atoms with van der Waals surface area (Å²) in [7, 11) is 1.89. The number of amides is 2. The smallest absolute Gasteiger partial charge is 0.347 e. The molecule has 1 atom stereocenters. The minimum Gasteiger partial charge on any atom is -0.478 e. The maximum absolute atomic E-state index is 12.4. The predicted molar refractivity (Wildman–Crippen MR) is 133 cm³/mol. The summed E-state index contributed by atoms with van der Waals surface area (Å²) in [4.78, 5) is 25.5. The van der Waals surface area contributed by atoms with Crippen molar-refractivity contribution >= 4 is 22.8 Å². The molecule has 34 heavy (non-hydrogen) atoms. The summed E-state index contributed by atoms with van der Waals surface area (Å²) in [5.74, 6) is -0.466. The van der Waals surface area contributed by atoms with Crippen molar-refractivity contribution in [2.45, 2.75) is 50.7 Å². The van der Waals surface area contributed by atoms with Gasteiger partial charge in [-0.15, -0.1) is 0 Å². The van der Waals surface area contributed by atoms with Gasteiger partial charge < -0.3 is 20.1 Å². The number of rotatable bonds is 9. The first kappa shape index (κ1) is 23.6. The normalized spacial score (nSPS) is 18.2. The number of hydrogen-bond acceptors (Lipinski definition) is 3. The summed E-state index contributed by atoms with van der Waals surface area (Å²) >= 11 is 0. The summed E-state index contributed by atoms with van der Waals surface area (Å²) < 4.78 is 5.59. The number of aliphatic carboxylic acids is 1. The summed E-state index contributed by atoms with van der Waals surface area (Å²) in [5.41, 5.74) is 0.836. The van der Waals surface area contributed by atoms with Gasteiger partial charge in [0.2, 0.25) is 0 Å². The SMILES string of the molecule is CN1C(=O)NCC1(CCCc1ccc(OC(C)(C)C(=O)O)cc1)Cc1ccc2ccccc2c1. The molecule has 1 unspecified atom stereocenters. The van der Waals surface area contributed by atoms with Crippen LogP contribution in [-0.4, -0.2) is 46.7 Å². The zero-order valence-electron chi connectivity index (χ0n) is 20.0. The Hall–Kier alpha value is -3.54. The van der Waals surface area contributed by atoms with Gasteiger partial charge in [0.25, 0.3) is 0 Å². The topological polar surface area (TPSA) is 78.9 Å². The number of carboxylic acid groups (broad SMARTS) is 1. The van der Waals surface area contributed by atoms with Crippen LogP contribution in [-0.2, 0) is 17.6 Å². The third kappa shape index (κ3) is 5.01. The maximum atomic E-state index is 12.4. The molecule has 3 aromatic carbocycles. The molecule has 0 bridgehead atoms. The third-order valence-electron chi connectivity index (χ3n) is 6.85.